The molecule has 25 heavy (non-hydrogen) atoms. The Morgan fingerprint density at radius 1 is 1.00 bits per heavy atom. The van der Waals surface area contributed by atoms with Crippen molar-refractivity contribution in [1.82, 2.24) is 4.98 Å². The van der Waals surface area contributed by atoms with Crippen molar-refractivity contribution < 1.29 is 21.5 Å². The third-order valence-corrected chi connectivity index (χ3v) is 6.16. The van der Waals surface area contributed by atoms with Crippen molar-refractivity contribution in [3.05, 3.63) is 18.7 Å². The zero-order chi connectivity index (χ0) is 17.1. The second-order valence-electron chi connectivity index (χ2n) is 8.38. The number of H-pyrrole nitrogens is 1. The molecular formula is C22H41BrN2. The Hall–Kier alpha value is -0.310. The Morgan fingerprint density at radius 2 is 1.64 bits per heavy atom. The number of imidazole rings is 1. The second kappa shape index (κ2) is 12.9. The van der Waals surface area contributed by atoms with Gasteiger partial charge in [-0.15, -0.1) is 0 Å². The Labute approximate surface area is 167 Å². The molecular weight excluding hydrogens is 372 g/mol. The number of unbranched alkanes of at least 4 members (excludes halogenated alkanes) is 9. The molecule has 2 rings (SSSR count). The Morgan fingerprint density at radius 3 is 2.20 bits per heavy atom. The molecule has 146 valence electrons. The van der Waals surface area contributed by atoms with Crippen LogP contribution in [-0.4, -0.2) is 4.98 Å². The first-order valence-electron chi connectivity index (χ1n) is 10.8. The van der Waals surface area contributed by atoms with Crippen LogP contribution < -0.4 is 21.5 Å². The van der Waals surface area contributed by atoms with E-state index in [1.54, 1.807) is 0 Å². The van der Waals surface area contributed by atoms with E-state index in [2.05, 4.69) is 42.1 Å². The molecule has 1 N–H and O–H groups in total. The van der Waals surface area contributed by atoms with Gasteiger partial charge in [-0.2, -0.15) is 0 Å². The van der Waals surface area contributed by atoms with Gasteiger partial charge < -0.3 is 17.0 Å². The molecule has 0 saturated heterocycles. The van der Waals surface area contributed by atoms with Crippen LogP contribution in [0.2, 0.25) is 0 Å². The quantitative estimate of drug-likeness (QED) is 0.400. The van der Waals surface area contributed by atoms with E-state index in [9.17, 15) is 0 Å². The van der Waals surface area contributed by atoms with Gasteiger partial charge in [-0.25, -0.2) is 4.57 Å². The van der Waals surface area contributed by atoms with Crippen molar-refractivity contribution in [3.63, 3.8) is 0 Å². The Kier molecular flexibility index (Phi) is 11.8. The maximum Gasteiger partial charge on any atom is 0.241 e. The lowest BCUT2D eigenvalue weighted by molar-refractivity contribution is -0.769. The van der Waals surface area contributed by atoms with Crippen LogP contribution in [0.25, 0.3) is 0 Å². The van der Waals surface area contributed by atoms with Gasteiger partial charge in [0, 0.05) is 0 Å². The minimum Gasteiger partial charge on any atom is -1.00 e. The number of hydrogen-bond acceptors (Lipinski definition) is 0. The fraction of sp³-hybridized carbons (Fsp3) is 0.864. The summed E-state index contributed by atoms with van der Waals surface area (Å²) >= 11 is 0. The number of nitrogens with one attached hydrogen (secondary N) is 1. The van der Waals surface area contributed by atoms with Crippen LogP contribution in [0.5, 0.6) is 0 Å². The summed E-state index contributed by atoms with van der Waals surface area (Å²) in [6.07, 6.45) is 27.8. The van der Waals surface area contributed by atoms with E-state index in [4.69, 9.17) is 0 Å². The van der Waals surface area contributed by atoms with E-state index in [1.807, 2.05) is 0 Å². The van der Waals surface area contributed by atoms with Crippen molar-refractivity contribution in [3.8, 4) is 0 Å². The highest BCUT2D eigenvalue weighted by atomic mass is 79.9. The SMILES string of the molecule is CCCCCCCCCCCCC1([n+]2cc[nH]c2)CCCC(C)C1.[Br-]. The first-order valence-corrected chi connectivity index (χ1v) is 10.8. The number of aromatic amines is 1. The minimum atomic E-state index is 0. The topological polar surface area (TPSA) is 19.7 Å². The summed E-state index contributed by atoms with van der Waals surface area (Å²) in [7, 11) is 0. The molecule has 1 aliphatic rings. The lowest BCUT2D eigenvalue weighted by Gasteiger charge is -2.37. The van der Waals surface area contributed by atoms with Gasteiger partial charge in [-0.1, -0.05) is 78.1 Å². The average molecular weight is 413 g/mol. The van der Waals surface area contributed by atoms with Gasteiger partial charge in [0.2, 0.25) is 6.33 Å². The molecule has 2 nitrogen and oxygen atoms in total. The molecule has 1 fully saturated rings. The molecule has 1 saturated carbocycles. The van der Waals surface area contributed by atoms with Crippen molar-refractivity contribution in [1.29, 1.82) is 0 Å². The fourth-order valence-electron chi connectivity index (χ4n) is 4.75. The number of halogens is 1. The van der Waals surface area contributed by atoms with Crippen molar-refractivity contribution >= 4 is 0 Å². The van der Waals surface area contributed by atoms with Gasteiger partial charge in [0.25, 0.3) is 0 Å². The van der Waals surface area contributed by atoms with E-state index >= 15 is 0 Å². The Balaban J connectivity index is 0.00000312. The highest BCUT2D eigenvalue weighted by Crippen LogP contribution is 2.38. The highest BCUT2D eigenvalue weighted by Gasteiger charge is 2.39. The molecule has 0 amide bonds. The number of rotatable bonds is 12. The van der Waals surface area contributed by atoms with Gasteiger partial charge in [-0.05, 0) is 38.0 Å². The third kappa shape index (κ3) is 7.85. The minimum absolute atomic E-state index is 0. The summed E-state index contributed by atoms with van der Waals surface area (Å²) in [5.74, 6) is 0.879. The van der Waals surface area contributed by atoms with E-state index < -0.39 is 0 Å². The van der Waals surface area contributed by atoms with E-state index in [0.717, 1.165) is 5.92 Å². The molecule has 0 aromatic carbocycles. The molecule has 3 heteroatoms. The van der Waals surface area contributed by atoms with E-state index in [0.29, 0.717) is 5.54 Å². The number of nitrogens with zero attached hydrogens (tertiary/aromatic N) is 1. The summed E-state index contributed by atoms with van der Waals surface area (Å²) in [5, 5.41) is 0. The summed E-state index contributed by atoms with van der Waals surface area (Å²) in [4.78, 5) is 3.27. The zero-order valence-corrected chi connectivity index (χ0v) is 18.3. The van der Waals surface area contributed by atoms with E-state index in [1.165, 1.54) is 96.3 Å². The van der Waals surface area contributed by atoms with Crippen molar-refractivity contribution in [2.75, 3.05) is 0 Å². The molecule has 0 radical (unpaired) electrons. The van der Waals surface area contributed by atoms with Crippen LogP contribution in [0.3, 0.4) is 0 Å². The molecule has 2 unspecified atom stereocenters. The zero-order valence-electron chi connectivity index (χ0n) is 16.7. The lowest BCUT2D eigenvalue weighted by atomic mass is 9.73. The van der Waals surface area contributed by atoms with Crippen LogP contribution in [0.1, 0.15) is 110 Å². The molecule has 0 spiro atoms. The summed E-state index contributed by atoms with van der Waals surface area (Å²) < 4.78 is 2.50. The van der Waals surface area contributed by atoms with Crippen LogP contribution in [0, 0.1) is 5.92 Å². The normalized spacial score (nSPS) is 23.4. The average Bonchev–Trinajstić information content (AvgIpc) is 3.12. The largest absolute Gasteiger partial charge is 1.00 e. The molecule has 0 aliphatic heterocycles. The van der Waals surface area contributed by atoms with Crippen LogP contribution in [0.15, 0.2) is 18.7 Å². The first-order chi connectivity index (χ1) is 11.8. The van der Waals surface area contributed by atoms with Crippen molar-refractivity contribution in [2.24, 2.45) is 5.92 Å². The fourth-order valence-corrected chi connectivity index (χ4v) is 4.75. The van der Waals surface area contributed by atoms with Gasteiger partial charge in [0.05, 0.1) is 0 Å². The second-order valence-corrected chi connectivity index (χ2v) is 8.38. The molecule has 0 bridgehead atoms. The summed E-state index contributed by atoms with van der Waals surface area (Å²) in [5.41, 5.74) is 0.401. The molecule has 1 aromatic heterocycles. The monoisotopic (exact) mass is 412 g/mol. The standard InChI is InChI=1S/C22H40N2.BrH/c1-3-4-5-6-7-8-9-10-11-12-15-22(24-18-17-23-20-24)16-13-14-21(2)19-22;/h17-18,20-21H,3-16,19H2,1-2H3;1H. The predicted molar refractivity (Wildman–Crippen MR) is 103 cm³/mol. The summed E-state index contributed by atoms with van der Waals surface area (Å²) in [6.45, 7) is 4.74. The van der Waals surface area contributed by atoms with E-state index in [-0.39, 0.29) is 17.0 Å². The van der Waals surface area contributed by atoms with Crippen molar-refractivity contribution in [2.45, 2.75) is 116 Å². The van der Waals surface area contributed by atoms with Crippen LogP contribution >= 0.6 is 0 Å². The highest BCUT2D eigenvalue weighted by molar-refractivity contribution is 4.82. The van der Waals surface area contributed by atoms with Crippen LogP contribution in [-0.2, 0) is 5.54 Å². The van der Waals surface area contributed by atoms with Gasteiger partial charge in [-0.3, -0.25) is 4.98 Å². The molecule has 1 aliphatic carbocycles. The first kappa shape index (κ1) is 22.7. The van der Waals surface area contributed by atoms with Gasteiger partial charge in [0.1, 0.15) is 17.9 Å². The number of hydrogen-bond donors (Lipinski definition) is 1. The van der Waals surface area contributed by atoms with Gasteiger partial charge in [0.15, 0.2) is 0 Å². The summed E-state index contributed by atoms with van der Waals surface area (Å²) in [6, 6.07) is 0. The lowest BCUT2D eigenvalue weighted by Crippen LogP contribution is -3.00. The third-order valence-electron chi connectivity index (χ3n) is 6.16. The predicted octanol–water partition coefficient (Wildman–Crippen LogP) is 3.52. The molecule has 1 heterocycles. The van der Waals surface area contributed by atoms with Gasteiger partial charge >= 0.3 is 0 Å². The maximum atomic E-state index is 3.27. The van der Waals surface area contributed by atoms with Crippen LogP contribution in [0.4, 0.5) is 0 Å². The number of aromatic nitrogens is 2. The molecule has 2 atom stereocenters. The maximum absolute atomic E-state index is 3.27. The Bertz CT molecular complexity index is 418. The smallest absolute Gasteiger partial charge is 0.241 e. The molecule has 1 aromatic rings.